The molecule has 0 fully saturated rings. The second-order valence-electron chi connectivity index (χ2n) is 7.48. The van der Waals surface area contributed by atoms with Gasteiger partial charge in [-0.1, -0.05) is 54.6 Å². The van der Waals surface area contributed by atoms with E-state index < -0.39 is 18.0 Å². The van der Waals surface area contributed by atoms with E-state index in [1.54, 1.807) is 12.1 Å². The van der Waals surface area contributed by atoms with E-state index in [4.69, 9.17) is 4.74 Å². The Morgan fingerprint density at radius 1 is 1.00 bits per heavy atom. The van der Waals surface area contributed by atoms with Gasteiger partial charge >= 0.3 is 11.9 Å². The molecule has 3 aromatic rings. The minimum atomic E-state index is -0.910. The number of benzene rings is 3. The fourth-order valence-corrected chi connectivity index (χ4v) is 4.43. The number of aliphatic carboxylic acids is 1. The zero-order valence-electron chi connectivity index (χ0n) is 15.5. The molecule has 3 aromatic carbocycles. The van der Waals surface area contributed by atoms with Gasteiger partial charge in [-0.15, -0.1) is 0 Å². The summed E-state index contributed by atoms with van der Waals surface area (Å²) in [6.45, 7) is 0. The average Bonchev–Trinajstić information content (AvgIpc) is 3.22. The van der Waals surface area contributed by atoms with Crippen molar-refractivity contribution < 1.29 is 19.4 Å². The first-order valence-corrected chi connectivity index (χ1v) is 9.62. The van der Waals surface area contributed by atoms with E-state index in [-0.39, 0.29) is 11.8 Å². The molecule has 5 nitrogen and oxygen atoms in total. The van der Waals surface area contributed by atoms with Crippen LogP contribution in [-0.2, 0) is 4.79 Å². The van der Waals surface area contributed by atoms with Gasteiger partial charge in [0.15, 0.2) is 0 Å². The van der Waals surface area contributed by atoms with Crippen LogP contribution < -0.4 is 10.1 Å². The van der Waals surface area contributed by atoms with Crippen molar-refractivity contribution in [1.82, 2.24) is 0 Å². The molecule has 0 aromatic heterocycles. The van der Waals surface area contributed by atoms with Crippen LogP contribution in [0.5, 0.6) is 5.75 Å². The van der Waals surface area contributed by atoms with E-state index in [0.717, 1.165) is 16.3 Å². The van der Waals surface area contributed by atoms with E-state index in [2.05, 4.69) is 5.32 Å². The Hall–Kier alpha value is -3.60. The Labute approximate surface area is 167 Å². The molecule has 0 saturated heterocycles. The first-order valence-electron chi connectivity index (χ1n) is 9.62. The minimum Gasteiger partial charge on any atom is -0.480 e. The quantitative estimate of drug-likeness (QED) is 0.392. The van der Waals surface area contributed by atoms with Gasteiger partial charge in [0.05, 0.1) is 11.3 Å². The van der Waals surface area contributed by atoms with Gasteiger partial charge in [-0.2, -0.15) is 0 Å². The van der Waals surface area contributed by atoms with Crippen molar-refractivity contribution in [3.63, 3.8) is 0 Å². The summed E-state index contributed by atoms with van der Waals surface area (Å²) in [5.74, 6) is -1.02. The van der Waals surface area contributed by atoms with E-state index in [0.29, 0.717) is 23.4 Å². The number of hydrogen-bond donors (Lipinski definition) is 2. The largest absolute Gasteiger partial charge is 0.480 e. The maximum Gasteiger partial charge on any atom is 0.345 e. The van der Waals surface area contributed by atoms with Gasteiger partial charge in [-0.05, 0) is 41.0 Å². The zero-order valence-corrected chi connectivity index (χ0v) is 15.5. The normalized spacial score (nSPS) is 21.9. The molecule has 0 radical (unpaired) electrons. The number of rotatable bonds is 3. The summed E-state index contributed by atoms with van der Waals surface area (Å²) in [5.41, 5.74) is 1.84. The van der Waals surface area contributed by atoms with Crippen molar-refractivity contribution in [2.75, 3.05) is 5.32 Å². The Morgan fingerprint density at radius 3 is 2.66 bits per heavy atom. The third-order valence-electron chi connectivity index (χ3n) is 5.81. The number of nitrogens with one attached hydrogen (secondary N) is 1. The number of carboxylic acids is 1. The van der Waals surface area contributed by atoms with Crippen LogP contribution in [0.15, 0.2) is 72.8 Å². The number of carboxylic acid groups (broad SMARTS) is 1. The third-order valence-corrected chi connectivity index (χ3v) is 5.81. The van der Waals surface area contributed by atoms with Gasteiger partial charge in [0.1, 0.15) is 11.8 Å². The van der Waals surface area contributed by atoms with Gasteiger partial charge in [-0.25, -0.2) is 9.59 Å². The molecule has 3 atom stereocenters. The molecule has 1 aliphatic heterocycles. The highest BCUT2D eigenvalue weighted by atomic mass is 16.5. The second kappa shape index (κ2) is 6.78. The standard InChI is InChI=1S/C24H19NO4/c26-23(27)22-19-9-3-7-17(19)18-8-4-10-20(21(18)25-22)24(28)29-16-12-11-14-5-1-2-6-15(14)13-16/h1-8,10-13,17,19,22,25H,9H2,(H,26,27)/t17-,19-,22+/m0/s1. The van der Waals surface area contributed by atoms with Gasteiger partial charge in [0, 0.05) is 11.8 Å². The molecule has 0 bridgehead atoms. The van der Waals surface area contributed by atoms with Crippen molar-refractivity contribution >= 4 is 28.4 Å². The number of fused-ring (bicyclic) bond motifs is 4. The third kappa shape index (κ3) is 2.95. The minimum absolute atomic E-state index is 0.0132. The first kappa shape index (κ1) is 17.5. The predicted molar refractivity (Wildman–Crippen MR) is 110 cm³/mol. The maximum atomic E-state index is 13.0. The maximum absolute atomic E-state index is 13.0. The molecular weight excluding hydrogens is 366 g/mol. The van der Waals surface area contributed by atoms with Crippen molar-refractivity contribution in [3.8, 4) is 5.75 Å². The molecule has 5 heteroatoms. The molecule has 0 amide bonds. The number of carbonyl (C=O) groups excluding carboxylic acids is 1. The number of allylic oxidation sites excluding steroid dienone is 2. The molecule has 5 rings (SSSR count). The zero-order chi connectivity index (χ0) is 20.0. The summed E-state index contributed by atoms with van der Waals surface area (Å²) in [4.78, 5) is 24.8. The summed E-state index contributed by atoms with van der Waals surface area (Å²) in [7, 11) is 0. The van der Waals surface area contributed by atoms with Crippen molar-refractivity contribution in [3.05, 3.63) is 83.9 Å². The molecule has 144 valence electrons. The summed E-state index contributed by atoms with van der Waals surface area (Å²) in [6.07, 6.45) is 4.76. The van der Waals surface area contributed by atoms with Crippen molar-refractivity contribution in [2.45, 2.75) is 18.4 Å². The van der Waals surface area contributed by atoms with Gasteiger partial charge < -0.3 is 15.2 Å². The fraction of sp³-hybridized carbons (Fsp3) is 0.167. The lowest BCUT2D eigenvalue weighted by atomic mass is 9.78. The highest BCUT2D eigenvalue weighted by Crippen LogP contribution is 2.45. The molecule has 0 spiro atoms. The molecule has 1 aliphatic carbocycles. The van der Waals surface area contributed by atoms with Gasteiger partial charge in [0.25, 0.3) is 0 Å². The van der Waals surface area contributed by atoms with Crippen molar-refractivity contribution in [1.29, 1.82) is 0 Å². The monoisotopic (exact) mass is 385 g/mol. The number of carbonyl (C=O) groups is 2. The van der Waals surface area contributed by atoms with Crippen LogP contribution in [-0.4, -0.2) is 23.1 Å². The Kier molecular flexibility index (Phi) is 4.09. The molecule has 0 unspecified atom stereocenters. The van der Waals surface area contributed by atoms with Crippen LogP contribution in [0.2, 0.25) is 0 Å². The Bertz CT molecular complexity index is 1170. The fourth-order valence-electron chi connectivity index (χ4n) is 4.43. The van der Waals surface area contributed by atoms with Crippen LogP contribution in [0, 0.1) is 5.92 Å². The van der Waals surface area contributed by atoms with Gasteiger partial charge in [-0.3, -0.25) is 0 Å². The summed E-state index contributed by atoms with van der Waals surface area (Å²) in [5, 5.41) is 14.8. The summed E-state index contributed by atoms with van der Waals surface area (Å²) >= 11 is 0. The van der Waals surface area contributed by atoms with E-state index in [1.807, 2.05) is 60.7 Å². The highest BCUT2D eigenvalue weighted by molar-refractivity contribution is 5.99. The second-order valence-corrected chi connectivity index (χ2v) is 7.48. The molecule has 29 heavy (non-hydrogen) atoms. The number of anilines is 1. The molecule has 2 aliphatic rings. The Morgan fingerprint density at radius 2 is 1.83 bits per heavy atom. The Balaban J connectivity index is 1.50. The predicted octanol–water partition coefficient (Wildman–Crippen LogP) is 4.60. The first-order chi connectivity index (χ1) is 14.1. The highest BCUT2D eigenvalue weighted by Gasteiger charge is 2.42. The average molecular weight is 385 g/mol. The van der Waals surface area contributed by atoms with Crippen LogP contribution in [0.1, 0.15) is 28.3 Å². The van der Waals surface area contributed by atoms with Crippen molar-refractivity contribution in [2.24, 2.45) is 5.92 Å². The van der Waals surface area contributed by atoms with E-state index >= 15 is 0 Å². The topological polar surface area (TPSA) is 75.6 Å². The lowest BCUT2D eigenvalue weighted by molar-refractivity contribution is -0.139. The number of esters is 1. The lowest BCUT2D eigenvalue weighted by Gasteiger charge is -2.35. The number of ether oxygens (including phenoxy) is 1. The van der Waals surface area contributed by atoms with Crippen LogP contribution in [0.25, 0.3) is 10.8 Å². The molecule has 0 saturated carbocycles. The summed E-state index contributed by atoms with van der Waals surface area (Å²) in [6, 6.07) is 18.0. The van der Waals surface area contributed by atoms with Gasteiger partial charge in [0.2, 0.25) is 0 Å². The van der Waals surface area contributed by atoms with E-state index in [9.17, 15) is 14.7 Å². The number of para-hydroxylation sites is 1. The smallest absolute Gasteiger partial charge is 0.345 e. The van der Waals surface area contributed by atoms with Crippen LogP contribution in [0.4, 0.5) is 5.69 Å². The van der Waals surface area contributed by atoms with Crippen LogP contribution >= 0.6 is 0 Å². The molecular formula is C24H19NO4. The molecule has 2 N–H and O–H groups in total. The SMILES string of the molecule is O=C(Oc1ccc2ccccc2c1)c1cccc2c1N[C@@H](C(=O)O)[C@H]1CC=C[C@@H]21. The lowest BCUT2D eigenvalue weighted by Crippen LogP contribution is -2.42. The molecule has 1 heterocycles. The summed E-state index contributed by atoms with van der Waals surface area (Å²) < 4.78 is 5.64. The number of hydrogen-bond acceptors (Lipinski definition) is 4. The van der Waals surface area contributed by atoms with Crippen LogP contribution in [0.3, 0.4) is 0 Å². The van der Waals surface area contributed by atoms with E-state index in [1.165, 1.54) is 0 Å².